The van der Waals surface area contributed by atoms with Crippen LogP contribution in [-0.2, 0) is 4.74 Å². The summed E-state index contributed by atoms with van der Waals surface area (Å²) in [5.74, 6) is 0. The Morgan fingerprint density at radius 1 is 1.00 bits per heavy atom. The van der Waals surface area contributed by atoms with Crippen molar-refractivity contribution in [2.24, 2.45) is 0 Å². The van der Waals surface area contributed by atoms with E-state index in [0.29, 0.717) is 0 Å². The van der Waals surface area contributed by atoms with Crippen LogP contribution in [0.2, 0.25) is 0 Å². The van der Waals surface area contributed by atoms with E-state index < -0.39 is 0 Å². The Kier molecular flexibility index (Phi) is 7.02. The average Bonchev–Trinajstić information content (AvgIpc) is 2.40. The maximum absolute atomic E-state index is 4.83. The summed E-state index contributed by atoms with van der Waals surface area (Å²) >= 11 is 2.16. The van der Waals surface area contributed by atoms with Crippen molar-refractivity contribution in [2.45, 2.75) is 13.8 Å². The number of hydrogen-bond donors (Lipinski definition) is 0. The van der Waals surface area contributed by atoms with Crippen molar-refractivity contribution >= 4 is 38.4 Å². The number of fused-ring (bicyclic) bond motifs is 1. The second kappa shape index (κ2) is 8.27. The van der Waals surface area contributed by atoms with E-state index in [1.165, 1.54) is 20.7 Å². The molecule has 0 bridgehead atoms. The van der Waals surface area contributed by atoms with Crippen molar-refractivity contribution in [1.29, 1.82) is 0 Å². The van der Waals surface area contributed by atoms with Crippen molar-refractivity contribution in [3.05, 3.63) is 36.4 Å². The molecule has 0 saturated heterocycles. The molecular formula is C16H22LiNO. The zero-order valence-electron chi connectivity index (χ0n) is 12.7. The van der Waals surface area contributed by atoms with Crippen molar-refractivity contribution < 1.29 is 4.74 Å². The van der Waals surface area contributed by atoms with E-state index in [2.05, 4.69) is 73.1 Å². The predicted molar refractivity (Wildman–Crippen MR) is 85.8 cm³/mol. The van der Waals surface area contributed by atoms with Gasteiger partial charge in [0.2, 0.25) is 0 Å². The fraction of sp³-hybridized carbons (Fsp3) is 0.375. The normalized spacial score (nSPS) is 10.0. The quantitative estimate of drug-likeness (QED) is 0.778. The molecule has 0 amide bonds. The van der Waals surface area contributed by atoms with Crippen LogP contribution in [0.4, 0.5) is 5.69 Å². The van der Waals surface area contributed by atoms with Crippen LogP contribution in [0.5, 0.6) is 0 Å². The van der Waals surface area contributed by atoms with E-state index in [9.17, 15) is 0 Å². The van der Waals surface area contributed by atoms with Gasteiger partial charge >= 0.3 is 93.8 Å². The molecule has 0 spiro atoms. The van der Waals surface area contributed by atoms with Crippen molar-refractivity contribution in [3.8, 4) is 0 Å². The van der Waals surface area contributed by atoms with Gasteiger partial charge in [-0.1, -0.05) is 0 Å². The molecule has 19 heavy (non-hydrogen) atoms. The summed E-state index contributed by atoms with van der Waals surface area (Å²) in [5.41, 5.74) is 1.29. The van der Waals surface area contributed by atoms with Crippen molar-refractivity contribution in [1.82, 2.24) is 0 Å². The van der Waals surface area contributed by atoms with Crippen molar-refractivity contribution in [2.75, 3.05) is 32.2 Å². The molecule has 0 unspecified atom stereocenters. The number of anilines is 1. The van der Waals surface area contributed by atoms with Crippen molar-refractivity contribution in [3.63, 3.8) is 0 Å². The molecule has 0 aliphatic heterocycles. The monoisotopic (exact) mass is 251 g/mol. The van der Waals surface area contributed by atoms with Gasteiger partial charge in [-0.15, -0.1) is 0 Å². The second-order valence-corrected chi connectivity index (χ2v) is 4.63. The van der Waals surface area contributed by atoms with E-state index in [0.717, 1.165) is 13.2 Å². The minimum absolute atomic E-state index is 0.844. The Labute approximate surface area is 126 Å². The average molecular weight is 251 g/mol. The first kappa shape index (κ1) is 16.1. The van der Waals surface area contributed by atoms with Crippen LogP contribution >= 0.6 is 0 Å². The molecule has 2 nitrogen and oxygen atoms in total. The first-order chi connectivity index (χ1) is 9.11. The maximum atomic E-state index is 4.83. The van der Waals surface area contributed by atoms with Crippen LogP contribution in [0.1, 0.15) is 13.8 Å². The van der Waals surface area contributed by atoms with E-state index in [1.807, 2.05) is 13.8 Å². The van der Waals surface area contributed by atoms with Crippen LogP contribution in [0, 0.1) is 0 Å². The fourth-order valence-electron chi connectivity index (χ4n) is 2.08. The Balaban J connectivity index is 0.000000312. The molecule has 0 fully saturated rings. The summed E-state index contributed by atoms with van der Waals surface area (Å²) in [6.45, 7) is 5.67. The third-order valence-electron chi connectivity index (χ3n) is 2.98. The number of nitrogens with zero attached hydrogens (tertiary/aromatic N) is 1. The number of benzene rings is 2. The number of rotatable bonds is 3. The zero-order valence-corrected chi connectivity index (χ0v) is 12.7. The van der Waals surface area contributed by atoms with Crippen LogP contribution in [-0.4, -0.2) is 45.0 Å². The Bertz CT molecular complexity index is 504. The van der Waals surface area contributed by atoms with Crippen LogP contribution in [0.3, 0.4) is 0 Å². The van der Waals surface area contributed by atoms with Crippen LogP contribution < -0.4 is 9.14 Å². The molecule has 98 valence electrons. The Morgan fingerprint density at radius 3 is 2.05 bits per heavy atom. The van der Waals surface area contributed by atoms with Gasteiger partial charge in [0, 0.05) is 13.2 Å². The molecule has 0 heterocycles. The summed E-state index contributed by atoms with van der Waals surface area (Å²) in [5, 5.41) is 2.68. The first-order valence-corrected chi connectivity index (χ1v) is 6.85. The summed E-state index contributed by atoms with van der Waals surface area (Å²) < 4.78 is 6.17. The SMILES string of the molecule is CCOCC.[Li][c]1cccc2cccc(N(C)C)c12. The Hall–Kier alpha value is -0.943. The molecule has 0 N–H and O–H groups in total. The second-order valence-electron chi connectivity index (χ2n) is 4.63. The van der Waals surface area contributed by atoms with E-state index in [1.54, 1.807) is 0 Å². The molecule has 0 radical (unpaired) electrons. The standard InChI is InChI=1S/C12H12N.C4H10O.Li/c1-13(2)12-9-5-7-10-6-3-4-8-11(10)12;1-3-5-4-2;/h3-7,9H,1-2H3;3-4H2,1-2H3;. The summed E-state index contributed by atoms with van der Waals surface area (Å²) in [6, 6.07) is 12.9. The molecule has 0 saturated carbocycles. The van der Waals surface area contributed by atoms with Gasteiger partial charge < -0.3 is 4.74 Å². The summed E-state index contributed by atoms with van der Waals surface area (Å²) in [6.07, 6.45) is 0. The molecule has 0 aliphatic carbocycles. The minimum atomic E-state index is 0.844. The molecule has 2 aromatic carbocycles. The number of hydrogen-bond acceptors (Lipinski definition) is 2. The van der Waals surface area contributed by atoms with E-state index >= 15 is 0 Å². The van der Waals surface area contributed by atoms with Gasteiger partial charge in [0.25, 0.3) is 0 Å². The summed E-state index contributed by atoms with van der Waals surface area (Å²) in [7, 11) is 4.17. The third kappa shape index (κ3) is 4.58. The van der Waals surface area contributed by atoms with Gasteiger partial charge in [0.05, 0.1) is 0 Å². The van der Waals surface area contributed by atoms with Crippen LogP contribution in [0.15, 0.2) is 36.4 Å². The Morgan fingerprint density at radius 2 is 1.58 bits per heavy atom. The molecule has 2 rings (SSSR count). The van der Waals surface area contributed by atoms with Gasteiger partial charge in [0.15, 0.2) is 0 Å². The molecule has 0 aliphatic rings. The van der Waals surface area contributed by atoms with Crippen LogP contribution in [0.25, 0.3) is 10.8 Å². The molecule has 0 aromatic heterocycles. The third-order valence-corrected chi connectivity index (χ3v) is 2.98. The van der Waals surface area contributed by atoms with Gasteiger partial charge in [-0.05, 0) is 13.8 Å². The topological polar surface area (TPSA) is 12.5 Å². The van der Waals surface area contributed by atoms with E-state index in [4.69, 9.17) is 4.74 Å². The fourth-order valence-corrected chi connectivity index (χ4v) is 2.08. The molecule has 0 atom stereocenters. The van der Waals surface area contributed by atoms with Gasteiger partial charge in [-0.25, -0.2) is 0 Å². The molecular weight excluding hydrogens is 229 g/mol. The molecule has 3 heteroatoms. The van der Waals surface area contributed by atoms with Gasteiger partial charge in [-0.3, -0.25) is 0 Å². The first-order valence-electron chi connectivity index (χ1n) is 6.85. The number of ether oxygens (including phenoxy) is 1. The molecule has 2 aromatic rings. The van der Waals surface area contributed by atoms with E-state index in [-0.39, 0.29) is 0 Å². The van der Waals surface area contributed by atoms with Gasteiger partial charge in [0.1, 0.15) is 0 Å². The zero-order chi connectivity index (χ0) is 14.3. The predicted octanol–water partition coefficient (Wildman–Crippen LogP) is 2.74. The summed E-state index contributed by atoms with van der Waals surface area (Å²) in [4.78, 5) is 2.16. The van der Waals surface area contributed by atoms with Gasteiger partial charge in [-0.2, -0.15) is 0 Å².